The number of rotatable bonds is 6. The van der Waals surface area contributed by atoms with Gasteiger partial charge in [-0.15, -0.1) is 0 Å². The molecule has 0 aromatic carbocycles. The smallest absolute Gasteiger partial charge is 0.350 e. The quantitative estimate of drug-likeness (QED) is 0.382. The number of allylic oxidation sites excluding steroid dienone is 1. The van der Waals surface area contributed by atoms with Gasteiger partial charge < -0.3 is 19.5 Å². The van der Waals surface area contributed by atoms with Crippen molar-refractivity contribution in [3.63, 3.8) is 0 Å². The van der Waals surface area contributed by atoms with E-state index in [1.807, 2.05) is 13.8 Å². The Bertz CT molecular complexity index is 939. The van der Waals surface area contributed by atoms with E-state index in [1.54, 1.807) is 6.92 Å². The fourth-order valence-electron chi connectivity index (χ4n) is 8.72. The molecular weight excluding hydrogens is 410 g/mol. The molecule has 5 rings (SSSR count). The maximum absolute atomic E-state index is 13.4. The minimum Gasteiger partial charge on any atom is -0.481 e. The molecule has 0 amide bonds. The SMILES string of the molecule is CCOC(=O)C1CC([C@@]23C[C@@H]4[C@H](C)CC[C@H]4[C@@]4(C=O)C[C@@H]2C=C(C(C)C)[C@@]34C(=O)O)=NO1. The van der Waals surface area contributed by atoms with Crippen molar-refractivity contribution in [2.75, 3.05) is 6.61 Å². The normalized spacial score (nSPS) is 45.8. The second-order valence-corrected chi connectivity index (χ2v) is 10.9. The predicted octanol–water partition coefficient (Wildman–Crippen LogP) is 3.62. The molecule has 174 valence electrons. The lowest BCUT2D eigenvalue weighted by atomic mass is 9.41. The van der Waals surface area contributed by atoms with Crippen LogP contribution in [0, 0.1) is 45.8 Å². The molecule has 8 atom stereocenters. The Morgan fingerprint density at radius 2 is 2.09 bits per heavy atom. The van der Waals surface area contributed by atoms with Crippen LogP contribution in [0.4, 0.5) is 0 Å². The number of esters is 1. The van der Waals surface area contributed by atoms with Gasteiger partial charge in [-0.1, -0.05) is 44.0 Å². The van der Waals surface area contributed by atoms with Gasteiger partial charge in [0.05, 0.1) is 17.7 Å². The Kier molecular flexibility index (Phi) is 4.68. The number of nitrogens with zero attached hydrogens (tertiary/aromatic N) is 1. The number of aliphatic carboxylic acids is 1. The zero-order chi connectivity index (χ0) is 23.1. The maximum atomic E-state index is 13.4. The van der Waals surface area contributed by atoms with Crippen LogP contribution >= 0.6 is 0 Å². The molecule has 5 aliphatic rings. The minimum atomic E-state index is -1.34. The third kappa shape index (κ3) is 2.18. The van der Waals surface area contributed by atoms with Gasteiger partial charge in [0.25, 0.3) is 0 Å². The van der Waals surface area contributed by atoms with Crippen LogP contribution in [-0.2, 0) is 24.0 Å². The number of aldehydes is 1. The summed E-state index contributed by atoms with van der Waals surface area (Å²) in [7, 11) is 0. The van der Waals surface area contributed by atoms with Gasteiger partial charge >= 0.3 is 11.9 Å². The summed E-state index contributed by atoms with van der Waals surface area (Å²) in [6.45, 7) is 8.24. The van der Waals surface area contributed by atoms with Gasteiger partial charge in [-0.25, -0.2) is 4.79 Å². The molecule has 0 radical (unpaired) electrons. The Hall–Kier alpha value is -2.18. The molecule has 3 saturated carbocycles. The maximum Gasteiger partial charge on any atom is 0.350 e. The number of oxime groups is 1. The van der Waals surface area contributed by atoms with Crippen LogP contribution in [-0.4, -0.2) is 41.8 Å². The Balaban J connectivity index is 1.70. The molecule has 1 heterocycles. The van der Waals surface area contributed by atoms with Gasteiger partial charge in [-0.05, 0) is 55.8 Å². The van der Waals surface area contributed by atoms with Gasteiger partial charge in [0.15, 0.2) is 0 Å². The van der Waals surface area contributed by atoms with E-state index in [2.05, 4.69) is 18.2 Å². The van der Waals surface area contributed by atoms with Crippen molar-refractivity contribution in [2.45, 2.75) is 65.9 Å². The number of carbonyl (C=O) groups is 3. The first-order chi connectivity index (χ1) is 15.2. The first-order valence-electron chi connectivity index (χ1n) is 12.0. The van der Waals surface area contributed by atoms with E-state index in [0.29, 0.717) is 24.5 Å². The predicted molar refractivity (Wildman–Crippen MR) is 116 cm³/mol. The van der Waals surface area contributed by atoms with Gasteiger partial charge in [-0.2, -0.15) is 0 Å². The van der Waals surface area contributed by atoms with Crippen LogP contribution < -0.4 is 0 Å². The molecule has 0 aromatic rings. The average Bonchev–Trinajstić information content (AvgIpc) is 3.48. The minimum absolute atomic E-state index is 0.00532. The fraction of sp³-hybridized carbons (Fsp3) is 0.760. The van der Waals surface area contributed by atoms with E-state index in [-0.39, 0.29) is 36.7 Å². The van der Waals surface area contributed by atoms with Gasteiger partial charge in [0.1, 0.15) is 11.7 Å². The first-order valence-corrected chi connectivity index (χ1v) is 12.0. The van der Waals surface area contributed by atoms with Crippen LogP contribution in [0.5, 0.6) is 0 Å². The Labute approximate surface area is 188 Å². The second-order valence-electron chi connectivity index (χ2n) is 10.9. The molecule has 4 bridgehead atoms. The highest BCUT2D eigenvalue weighted by molar-refractivity contribution is 6.05. The summed E-state index contributed by atoms with van der Waals surface area (Å²) in [6.07, 6.45) is 5.62. The summed E-state index contributed by atoms with van der Waals surface area (Å²) < 4.78 is 5.14. The van der Waals surface area contributed by atoms with Gasteiger partial charge in [0, 0.05) is 11.8 Å². The lowest BCUT2D eigenvalue weighted by Gasteiger charge is -2.58. The third-order valence-electron chi connectivity index (χ3n) is 9.66. The number of carboxylic acids is 1. The Morgan fingerprint density at radius 1 is 1.34 bits per heavy atom. The Morgan fingerprint density at radius 3 is 2.72 bits per heavy atom. The number of hydrogen-bond donors (Lipinski definition) is 1. The second kappa shape index (κ2) is 6.91. The monoisotopic (exact) mass is 443 g/mol. The standard InChI is InChI=1S/C25H33NO6/c1-5-31-21(28)19-9-20(26-32-19)24-11-16-14(4)6-7-17(16)23(12-27)10-15(24)8-18(13(2)3)25(23,24)22(29)30/h8,12-17,19H,5-7,9-11H2,1-4H3,(H,29,30)/t14-,15+,16-,17-,19?,23+,24-,25+/m1/s1. The van der Waals surface area contributed by atoms with Crippen molar-refractivity contribution in [1.29, 1.82) is 0 Å². The summed E-state index contributed by atoms with van der Waals surface area (Å²) in [5.74, 6) is -0.744. The highest BCUT2D eigenvalue weighted by Gasteiger charge is 2.85. The zero-order valence-corrected chi connectivity index (χ0v) is 19.3. The van der Waals surface area contributed by atoms with Crippen LogP contribution in [0.2, 0.25) is 0 Å². The van der Waals surface area contributed by atoms with E-state index in [1.165, 1.54) is 0 Å². The van der Waals surface area contributed by atoms with Crippen LogP contribution in [0.15, 0.2) is 16.8 Å². The average molecular weight is 444 g/mol. The topological polar surface area (TPSA) is 102 Å². The van der Waals surface area contributed by atoms with E-state index in [0.717, 1.165) is 24.7 Å². The largest absolute Gasteiger partial charge is 0.481 e. The van der Waals surface area contributed by atoms with Crippen molar-refractivity contribution in [2.24, 2.45) is 51.0 Å². The number of hydrogen-bond acceptors (Lipinski definition) is 6. The highest BCUT2D eigenvalue weighted by atomic mass is 16.7. The molecule has 4 aliphatic carbocycles. The van der Waals surface area contributed by atoms with E-state index in [4.69, 9.17) is 9.57 Å². The zero-order valence-electron chi connectivity index (χ0n) is 19.3. The first kappa shape index (κ1) is 21.7. The van der Waals surface area contributed by atoms with E-state index in [9.17, 15) is 19.5 Å². The number of carbonyl (C=O) groups excluding carboxylic acids is 2. The molecule has 7 heteroatoms. The number of ether oxygens (including phenoxy) is 1. The third-order valence-corrected chi connectivity index (χ3v) is 9.66. The van der Waals surface area contributed by atoms with E-state index >= 15 is 0 Å². The van der Waals surface area contributed by atoms with E-state index < -0.39 is 34.3 Å². The summed E-state index contributed by atoms with van der Waals surface area (Å²) in [4.78, 5) is 44.4. The summed E-state index contributed by atoms with van der Waals surface area (Å²) in [6, 6.07) is 0. The molecule has 1 N–H and O–H groups in total. The van der Waals surface area contributed by atoms with Crippen molar-refractivity contribution < 1.29 is 29.1 Å². The molecule has 0 spiro atoms. The highest BCUT2D eigenvalue weighted by Crippen LogP contribution is 2.83. The van der Waals surface area contributed by atoms with Crippen molar-refractivity contribution >= 4 is 23.9 Å². The molecule has 0 saturated heterocycles. The van der Waals surface area contributed by atoms with Crippen LogP contribution in [0.3, 0.4) is 0 Å². The summed E-state index contributed by atoms with van der Waals surface area (Å²) in [5, 5.41) is 15.4. The molecule has 1 unspecified atom stereocenters. The summed E-state index contributed by atoms with van der Waals surface area (Å²) >= 11 is 0. The lowest BCUT2D eigenvalue weighted by Crippen LogP contribution is -2.64. The van der Waals surface area contributed by atoms with Gasteiger partial charge in [-0.3, -0.25) is 4.79 Å². The van der Waals surface area contributed by atoms with Crippen molar-refractivity contribution in [3.05, 3.63) is 11.6 Å². The molecule has 3 fully saturated rings. The molecule has 7 nitrogen and oxygen atoms in total. The fourth-order valence-corrected chi connectivity index (χ4v) is 8.72. The molecule has 1 aliphatic heterocycles. The number of fused-ring (bicyclic) bond motifs is 2. The van der Waals surface area contributed by atoms with Crippen molar-refractivity contribution in [1.82, 2.24) is 0 Å². The lowest BCUT2D eigenvalue weighted by molar-refractivity contribution is -0.173. The summed E-state index contributed by atoms with van der Waals surface area (Å²) in [5.41, 5.74) is -1.63. The molecule has 0 aromatic heterocycles. The van der Waals surface area contributed by atoms with Gasteiger partial charge in [0.2, 0.25) is 6.10 Å². The number of carboxylic acid groups (broad SMARTS) is 1. The molecular formula is C25H33NO6. The van der Waals surface area contributed by atoms with Crippen molar-refractivity contribution in [3.8, 4) is 0 Å². The molecule has 32 heavy (non-hydrogen) atoms. The van der Waals surface area contributed by atoms with Crippen LogP contribution in [0.25, 0.3) is 0 Å². The van der Waals surface area contributed by atoms with Crippen LogP contribution in [0.1, 0.15) is 59.8 Å².